The molecular formula is C5H5NO2. The van der Waals surface area contributed by atoms with Gasteiger partial charge in [-0.3, -0.25) is 4.79 Å². The molecule has 0 saturated heterocycles. The summed E-state index contributed by atoms with van der Waals surface area (Å²) in [4.78, 5) is 14.8. The Labute approximate surface area is 46.6 Å². The summed E-state index contributed by atoms with van der Waals surface area (Å²) in [6, 6.07) is 0. The van der Waals surface area contributed by atoms with Gasteiger partial charge in [-0.25, -0.2) is 0 Å². The minimum atomic E-state index is -0.0289. The smallest absolute Gasteiger partial charge is 0.181 e. The third-order valence-electron chi connectivity index (χ3n) is 0.734. The first-order valence-corrected chi connectivity index (χ1v) is 2.26. The first-order chi connectivity index (χ1) is 3.89. The van der Waals surface area contributed by atoms with Crippen molar-refractivity contribution in [3.8, 4) is 0 Å². The molecule has 0 atom stereocenters. The second-order valence-electron chi connectivity index (χ2n) is 1.38. The Morgan fingerprint density at radius 3 is 3.50 bits per heavy atom. The molecule has 1 aliphatic rings. The van der Waals surface area contributed by atoms with Gasteiger partial charge in [0.2, 0.25) is 0 Å². The van der Waals surface area contributed by atoms with Crippen LogP contribution in [0.15, 0.2) is 17.5 Å². The number of Topliss-reactive ketones (excluding diaryl/α,β-unsaturated/α-hetero) is 1. The predicted molar refractivity (Wildman–Crippen MR) is 28.3 cm³/mol. The van der Waals surface area contributed by atoms with Gasteiger partial charge in [-0.05, 0) is 6.08 Å². The third kappa shape index (κ3) is 1.18. The molecule has 0 saturated carbocycles. The van der Waals surface area contributed by atoms with E-state index < -0.39 is 0 Å². The van der Waals surface area contributed by atoms with Gasteiger partial charge >= 0.3 is 0 Å². The number of allylic oxidation sites excluding steroid dienone is 1. The van der Waals surface area contributed by atoms with Crippen molar-refractivity contribution in [2.24, 2.45) is 5.16 Å². The molecule has 3 nitrogen and oxygen atoms in total. The molecule has 0 aromatic heterocycles. The van der Waals surface area contributed by atoms with E-state index in [1.165, 1.54) is 12.5 Å². The quantitative estimate of drug-likeness (QED) is 0.456. The van der Waals surface area contributed by atoms with Crippen molar-refractivity contribution in [3.05, 3.63) is 12.3 Å². The summed E-state index contributed by atoms with van der Waals surface area (Å²) in [5, 5.41) is 3.29. The molecule has 0 amide bonds. The summed E-state index contributed by atoms with van der Waals surface area (Å²) in [7, 11) is 0. The van der Waals surface area contributed by atoms with Crippen LogP contribution >= 0.6 is 0 Å². The molecule has 0 aromatic carbocycles. The number of rotatable bonds is 0. The van der Waals surface area contributed by atoms with E-state index in [1.807, 2.05) is 0 Å². The molecule has 0 bridgehead atoms. The molecule has 0 fully saturated rings. The van der Waals surface area contributed by atoms with Crippen LogP contribution in [0.1, 0.15) is 6.42 Å². The fourth-order valence-electron chi connectivity index (χ4n) is 0.384. The highest BCUT2D eigenvalue weighted by Gasteiger charge is 1.94. The lowest BCUT2D eigenvalue weighted by molar-refractivity contribution is -0.111. The van der Waals surface area contributed by atoms with Gasteiger partial charge in [-0.15, -0.1) is 0 Å². The molecule has 0 unspecified atom stereocenters. The van der Waals surface area contributed by atoms with Crippen molar-refractivity contribution in [2.75, 3.05) is 0 Å². The average molecular weight is 111 g/mol. The second kappa shape index (κ2) is 2.26. The molecule has 1 rings (SSSR count). The molecule has 0 N–H and O–H groups in total. The lowest BCUT2D eigenvalue weighted by Gasteiger charge is -1.77. The predicted octanol–water partition coefficient (Wildman–Crippen LogP) is 0.475. The number of hydrogen-bond donors (Lipinski definition) is 0. The number of carbonyl (C=O) groups excluding carboxylic acids is 1. The second-order valence-corrected chi connectivity index (χ2v) is 1.38. The standard InChI is InChI=1S/C5H5NO2/c7-5-2-1-3-8-6-4-5/h1,3-4H,2H2. The molecule has 0 aromatic rings. The summed E-state index contributed by atoms with van der Waals surface area (Å²) < 4.78 is 0. The maximum atomic E-state index is 10.4. The van der Waals surface area contributed by atoms with Gasteiger partial charge in [-0.2, -0.15) is 0 Å². The Kier molecular flexibility index (Phi) is 1.42. The first-order valence-electron chi connectivity index (χ1n) is 2.26. The van der Waals surface area contributed by atoms with E-state index in [9.17, 15) is 4.79 Å². The summed E-state index contributed by atoms with van der Waals surface area (Å²) >= 11 is 0. The van der Waals surface area contributed by atoms with Crippen LogP contribution in [0, 0.1) is 0 Å². The van der Waals surface area contributed by atoms with Crippen LogP contribution in [-0.4, -0.2) is 12.0 Å². The first kappa shape index (κ1) is 5.03. The molecule has 0 radical (unpaired) electrons. The number of hydrogen-bond acceptors (Lipinski definition) is 3. The van der Waals surface area contributed by atoms with E-state index in [-0.39, 0.29) is 5.78 Å². The molecule has 1 aliphatic heterocycles. The maximum absolute atomic E-state index is 10.4. The van der Waals surface area contributed by atoms with Crippen LogP contribution in [0.2, 0.25) is 0 Å². The number of carbonyl (C=O) groups is 1. The van der Waals surface area contributed by atoms with Crippen molar-refractivity contribution in [3.63, 3.8) is 0 Å². The van der Waals surface area contributed by atoms with Crippen LogP contribution in [-0.2, 0) is 9.63 Å². The third-order valence-corrected chi connectivity index (χ3v) is 0.734. The topological polar surface area (TPSA) is 38.7 Å². The molecule has 42 valence electrons. The van der Waals surface area contributed by atoms with Gasteiger partial charge in [0.15, 0.2) is 5.78 Å². The number of nitrogens with zero attached hydrogens (tertiary/aromatic N) is 1. The Balaban J connectivity index is 2.61. The van der Waals surface area contributed by atoms with Crippen LogP contribution in [0.5, 0.6) is 0 Å². The highest BCUT2D eigenvalue weighted by molar-refractivity contribution is 6.27. The molecular weight excluding hydrogens is 106 g/mol. The van der Waals surface area contributed by atoms with Crippen LogP contribution in [0.4, 0.5) is 0 Å². The number of ketones is 1. The molecule has 3 heteroatoms. The van der Waals surface area contributed by atoms with Gasteiger partial charge < -0.3 is 4.84 Å². The zero-order valence-electron chi connectivity index (χ0n) is 4.20. The van der Waals surface area contributed by atoms with E-state index in [0.29, 0.717) is 6.42 Å². The highest BCUT2D eigenvalue weighted by Crippen LogP contribution is 1.90. The normalized spacial score (nSPS) is 17.8. The Hall–Kier alpha value is -1.12. The van der Waals surface area contributed by atoms with Crippen molar-refractivity contribution >= 4 is 12.0 Å². The summed E-state index contributed by atoms with van der Waals surface area (Å²) in [6.45, 7) is 0. The van der Waals surface area contributed by atoms with Crippen molar-refractivity contribution in [1.29, 1.82) is 0 Å². The van der Waals surface area contributed by atoms with Crippen molar-refractivity contribution in [2.45, 2.75) is 6.42 Å². The zero-order valence-corrected chi connectivity index (χ0v) is 4.20. The zero-order chi connectivity index (χ0) is 5.82. The monoisotopic (exact) mass is 111 g/mol. The largest absolute Gasteiger partial charge is 0.365 e. The lowest BCUT2D eigenvalue weighted by atomic mass is 10.3. The van der Waals surface area contributed by atoms with Gasteiger partial charge in [0, 0.05) is 6.42 Å². The Morgan fingerprint density at radius 2 is 2.62 bits per heavy atom. The average Bonchev–Trinajstić information content (AvgIpc) is 1.94. The van der Waals surface area contributed by atoms with E-state index in [4.69, 9.17) is 0 Å². The SMILES string of the molecule is O=C1C=NOC=CC1. The Bertz CT molecular complexity index is 149. The van der Waals surface area contributed by atoms with Gasteiger partial charge in [0.1, 0.15) is 12.5 Å². The van der Waals surface area contributed by atoms with Gasteiger partial charge in [0.25, 0.3) is 0 Å². The summed E-state index contributed by atoms with van der Waals surface area (Å²) in [5.74, 6) is -0.0289. The summed E-state index contributed by atoms with van der Waals surface area (Å²) in [5.41, 5.74) is 0. The highest BCUT2D eigenvalue weighted by atomic mass is 16.6. The molecule has 8 heavy (non-hydrogen) atoms. The molecule has 1 heterocycles. The summed E-state index contributed by atoms with van der Waals surface area (Å²) in [6.07, 6.45) is 4.57. The van der Waals surface area contributed by atoms with E-state index >= 15 is 0 Å². The van der Waals surface area contributed by atoms with Crippen LogP contribution in [0.3, 0.4) is 0 Å². The fourth-order valence-corrected chi connectivity index (χ4v) is 0.384. The number of oxime groups is 1. The molecule has 0 aliphatic carbocycles. The lowest BCUT2D eigenvalue weighted by Crippen LogP contribution is -1.93. The van der Waals surface area contributed by atoms with Crippen LogP contribution < -0.4 is 0 Å². The van der Waals surface area contributed by atoms with E-state index in [0.717, 1.165) is 0 Å². The Morgan fingerprint density at radius 1 is 1.75 bits per heavy atom. The maximum Gasteiger partial charge on any atom is 0.181 e. The minimum absolute atomic E-state index is 0.0289. The fraction of sp³-hybridized carbons (Fsp3) is 0.200. The van der Waals surface area contributed by atoms with E-state index in [1.54, 1.807) is 6.08 Å². The minimum Gasteiger partial charge on any atom is -0.365 e. The van der Waals surface area contributed by atoms with E-state index in [2.05, 4.69) is 9.99 Å². The molecule has 0 spiro atoms. The van der Waals surface area contributed by atoms with Crippen LogP contribution in [0.25, 0.3) is 0 Å². The van der Waals surface area contributed by atoms with Gasteiger partial charge in [-0.1, -0.05) is 5.16 Å². The van der Waals surface area contributed by atoms with Crippen molar-refractivity contribution in [1.82, 2.24) is 0 Å². The van der Waals surface area contributed by atoms with Crippen molar-refractivity contribution < 1.29 is 9.63 Å². The van der Waals surface area contributed by atoms with Gasteiger partial charge in [0.05, 0.1) is 0 Å².